The van der Waals surface area contributed by atoms with Gasteiger partial charge in [0.1, 0.15) is 23.8 Å². The lowest BCUT2D eigenvalue weighted by Crippen LogP contribution is -2.24. The number of carbonyl (C=O) groups excluding carboxylic acids is 2. The third-order valence-electron chi connectivity index (χ3n) is 3.28. The van der Waals surface area contributed by atoms with E-state index in [1.807, 2.05) is 45.0 Å². The Morgan fingerprint density at radius 1 is 1.12 bits per heavy atom. The normalized spacial score (nSPS) is 11.0. The van der Waals surface area contributed by atoms with Crippen molar-refractivity contribution in [3.05, 3.63) is 65.0 Å². The molecule has 0 fully saturated rings. The summed E-state index contributed by atoms with van der Waals surface area (Å²) in [6.45, 7) is 5.61. The predicted molar refractivity (Wildman–Crippen MR) is 92.1 cm³/mol. The van der Waals surface area contributed by atoms with Gasteiger partial charge in [0.05, 0.1) is 12.0 Å². The van der Waals surface area contributed by atoms with E-state index < -0.39 is 11.4 Å². The number of hydrogen-bond acceptors (Lipinski definition) is 4. The third-order valence-corrected chi connectivity index (χ3v) is 3.28. The first-order valence-electron chi connectivity index (χ1n) is 7.94. The zero-order valence-corrected chi connectivity index (χ0v) is 14.5. The molecule has 0 aliphatic carbocycles. The van der Waals surface area contributed by atoms with E-state index in [-0.39, 0.29) is 30.3 Å². The predicted octanol–water partition coefficient (Wildman–Crippen LogP) is 4.10. The van der Waals surface area contributed by atoms with Crippen molar-refractivity contribution in [3.63, 3.8) is 0 Å². The van der Waals surface area contributed by atoms with Crippen LogP contribution in [0.15, 0.2) is 42.5 Å². The summed E-state index contributed by atoms with van der Waals surface area (Å²) in [6.07, 6.45) is 0.592. The number of ether oxygens (including phenoxy) is 2. The van der Waals surface area contributed by atoms with Crippen LogP contribution in [0.4, 0.5) is 4.39 Å². The highest BCUT2D eigenvalue weighted by molar-refractivity contribution is 5.79. The molecule has 2 rings (SSSR count). The summed E-state index contributed by atoms with van der Waals surface area (Å²) >= 11 is 0. The number of hydrogen-bond donors (Lipinski definition) is 0. The maximum absolute atomic E-state index is 13.6. The van der Waals surface area contributed by atoms with Gasteiger partial charge in [-0.25, -0.2) is 4.39 Å². The zero-order chi connectivity index (χ0) is 18.4. The molecule has 5 heteroatoms. The molecule has 0 aliphatic rings. The number of halogens is 1. The maximum atomic E-state index is 13.6. The van der Waals surface area contributed by atoms with Crippen molar-refractivity contribution in [1.82, 2.24) is 0 Å². The summed E-state index contributed by atoms with van der Waals surface area (Å²) in [6, 6.07) is 11.5. The number of aldehydes is 1. The van der Waals surface area contributed by atoms with E-state index >= 15 is 0 Å². The second kappa shape index (κ2) is 7.92. The molecule has 132 valence electrons. The minimum atomic E-state index is -0.619. The van der Waals surface area contributed by atoms with Crippen LogP contribution in [0.2, 0.25) is 0 Å². The SMILES string of the molecule is CC(C)(C)OC(=O)Cc1cccc(COc2cccc(F)c2C=O)c1. The molecule has 0 bridgehead atoms. The summed E-state index contributed by atoms with van der Waals surface area (Å²) in [7, 11) is 0. The molecule has 0 saturated heterocycles. The highest BCUT2D eigenvalue weighted by Gasteiger charge is 2.16. The van der Waals surface area contributed by atoms with E-state index in [2.05, 4.69) is 0 Å². The topological polar surface area (TPSA) is 52.6 Å². The summed E-state index contributed by atoms with van der Waals surface area (Å²) in [5, 5.41) is 0. The fourth-order valence-electron chi connectivity index (χ4n) is 2.29. The molecule has 0 atom stereocenters. The minimum Gasteiger partial charge on any atom is -0.488 e. The van der Waals surface area contributed by atoms with Gasteiger partial charge in [-0.2, -0.15) is 0 Å². The van der Waals surface area contributed by atoms with Crippen molar-refractivity contribution < 1.29 is 23.5 Å². The van der Waals surface area contributed by atoms with Crippen LogP contribution >= 0.6 is 0 Å². The van der Waals surface area contributed by atoms with Gasteiger partial charge in [0, 0.05) is 0 Å². The monoisotopic (exact) mass is 344 g/mol. The first-order valence-corrected chi connectivity index (χ1v) is 7.94. The van der Waals surface area contributed by atoms with E-state index in [4.69, 9.17) is 9.47 Å². The molecule has 0 aromatic heterocycles. The van der Waals surface area contributed by atoms with Crippen LogP contribution < -0.4 is 4.74 Å². The van der Waals surface area contributed by atoms with Crippen molar-refractivity contribution >= 4 is 12.3 Å². The molecule has 2 aromatic carbocycles. The standard InChI is InChI=1S/C20H21FO4/c1-20(2,3)25-19(23)11-14-6-4-7-15(10-14)13-24-18-9-5-8-17(21)16(18)12-22/h4-10,12H,11,13H2,1-3H3. The van der Waals surface area contributed by atoms with Crippen molar-refractivity contribution in [2.45, 2.75) is 39.4 Å². The summed E-state index contributed by atoms with van der Waals surface area (Å²) in [5.74, 6) is -0.738. The van der Waals surface area contributed by atoms with E-state index in [1.54, 1.807) is 0 Å². The fourth-order valence-corrected chi connectivity index (χ4v) is 2.29. The van der Waals surface area contributed by atoms with Crippen molar-refractivity contribution in [2.24, 2.45) is 0 Å². The quantitative estimate of drug-likeness (QED) is 0.585. The maximum Gasteiger partial charge on any atom is 0.310 e. The number of benzene rings is 2. The smallest absolute Gasteiger partial charge is 0.310 e. The highest BCUT2D eigenvalue weighted by Crippen LogP contribution is 2.21. The van der Waals surface area contributed by atoms with Crippen LogP contribution in [0.1, 0.15) is 42.3 Å². The van der Waals surface area contributed by atoms with Gasteiger partial charge < -0.3 is 9.47 Å². The molecule has 4 nitrogen and oxygen atoms in total. The Hall–Kier alpha value is -2.69. The van der Waals surface area contributed by atoms with Crippen LogP contribution in [-0.4, -0.2) is 17.9 Å². The Kier molecular flexibility index (Phi) is 5.91. The number of carbonyl (C=O) groups is 2. The first-order chi connectivity index (χ1) is 11.8. The second-order valence-electron chi connectivity index (χ2n) is 6.64. The Labute approximate surface area is 146 Å². The van der Waals surface area contributed by atoms with Gasteiger partial charge in [0.2, 0.25) is 0 Å². The van der Waals surface area contributed by atoms with Crippen LogP contribution in [0.3, 0.4) is 0 Å². The minimum absolute atomic E-state index is 0.104. The van der Waals surface area contributed by atoms with Gasteiger partial charge in [0.25, 0.3) is 0 Å². The number of rotatable bonds is 6. The molecule has 2 aromatic rings. The largest absolute Gasteiger partial charge is 0.488 e. The molecule has 0 radical (unpaired) electrons. The summed E-state index contributed by atoms with van der Waals surface area (Å²) in [4.78, 5) is 22.9. The Morgan fingerprint density at radius 3 is 2.48 bits per heavy atom. The van der Waals surface area contributed by atoms with Crippen molar-refractivity contribution in [1.29, 1.82) is 0 Å². The highest BCUT2D eigenvalue weighted by atomic mass is 19.1. The molecule has 0 heterocycles. The molecule has 25 heavy (non-hydrogen) atoms. The van der Waals surface area contributed by atoms with E-state index in [0.717, 1.165) is 11.1 Å². The Bertz CT molecular complexity index is 763. The van der Waals surface area contributed by atoms with Gasteiger partial charge in [-0.15, -0.1) is 0 Å². The molecule has 0 spiro atoms. The lowest BCUT2D eigenvalue weighted by atomic mass is 10.1. The van der Waals surface area contributed by atoms with Gasteiger partial charge in [0.15, 0.2) is 6.29 Å². The van der Waals surface area contributed by atoms with Crippen molar-refractivity contribution in [2.75, 3.05) is 0 Å². The number of esters is 1. The van der Waals surface area contributed by atoms with Gasteiger partial charge in [-0.05, 0) is 44.0 Å². The van der Waals surface area contributed by atoms with Crippen LogP contribution in [0.25, 0.3) is 0 Å². The van der Waals surface area contributed by atoms with E-state index in [1.165, 1.54) is 18.2 Å². The molecule has 0 aliphatic heterocycles. The lowest BCUT2D eigenvalue weighted by molar-refractivity contribution is -0.153. The fraction of sp³-hybridized carbons (Fsp3) is 0.300. The molecular formula is C20H21FO4. The molecule has 0 amide bonds. The van der Waals surface area contributed by atoms with Crippen LogP contribution in [-0.2, 0) is 22.6 Å². The average molecular weight is 344 g/mol. The lowest BCUT2D eigenvalue weighted by Gasteiger charge is -2.19. The van der Waals surface area contributed by atoms with E-state index in [0.29, 0.717) is 6.29 Å². The zero-order valence-electron chi connectivity index (χ0n) is 14.5. The van der Waals surface area contributed by atoms with Gasteiger partial charge in [-0.3, -0.25) is 9.59 Å². The van der Waals surface area contributed by atoms with E-state index in [9.17, 15) is 14.0 Å². The Morgan fingerprint density at radius 2 is 1.80 bits per heavy atom. The van der Waals surface area contributed by atoms with Crippen LogP contribution in [0.5, 0.6) is 5.75 Å². The molecule has 0 unspecified atom stereocenters. The third kappa shape index (κ3) is 5.71. The van der Waals surface area contributed by atoms with Gasteiger partial charge >= 0.3 is 5.97 Å². The molecular weight excluding hydrogens is 323 g/mol. The Balaban J connectivity index is 2.04. The molecule has 0 N–H and O–H groups in total. The second-order valence-corrected chi connectivity index (χ2v) is 6.64. The van der Waals surface area contributed by atoms with Gasteiger partial charge in [-0.1, -0.05) is 30.3 Å². The van der Waals surface area contributed by atoms with Crippen LogP contribution in [0, 0.1) is 5.82 Å². The van der Waals surface area contributed by atoms with Crippen molar-refractivity contribution in [3.8, 4) is 5.75 Å². The summed E-state index contributed by atoms with van der Waals surface area (Å²) in [5.41, 5.74) is 0.972. The first kappa shape index (κ1) is 18.6. The average Bonchev–Trinajstić information content (AvgIpc) is 2.51. The summed E-state index contributed by atoms with van der Waals surface area (Å²) < 4.78 is 24.4. The molecule has 0 saturated carbocycles.